The molecule has 2 aromatic rings. The predicted octanol–water partition coefficient (Wildman–Crippen LogP) is 2.95. The number of imidazole rings is 1. The van der Waals surface area contributed by atoms with E-state index in [0.29, 0.717) is 16.7 Å². The third-order valence-electron chi connectivity index (χ3n) is 3.72. The maximum Gasteiger partial charge on any atom is 0.242 e. The number of hydrogen-bond acceptors (Lipinski definition) is 5. The zero-order valence-corrected chi connectivity index (χ0v) is 12.6. The fourth-order valence-corrected chi connectivity index (χ4v) is 3.90. The van der Waals surface area contributed by atoms with E-state index in [0.717, 1.165) is 29.3 Å². The van der Waals surface area contributed by atoms with Crippen LogP contribution in [0, 0.1) is 4.77 Å². The lowest BCUT2D eigenvalue weighted by atomic mass is 10.2. The molecule has 3 rings (SSSR count). The van der Waals surface area contributed by atoms with Gasteiger partial charge in [0, 0.05) is 11.3 Å². The van der Waals surface area contributed by atoms with E-state index in [1.807, 2.05) is 11.8 Å². The van der Waals surface area contributed by atoms with Crippen molar-refractivity contribution in [3.8, 4) is 5.88 Å². The normalized spacial score (nSPS) is 23.1. The van der Waals surface area contributed by atoms with Crippen LogP contribution in [-0.2, 0) is 0 Å². The highest BCUT2D eigenvalue weighted by Crippen LogP contribution is 2.38. The van der Waals surface area contributed by atoms with Crippen LogP contribution in [0.2, 0.25) is 0 Å². The van der Waals surface area contributed by atoms with Gasteiger partial charge in [-0.15, -0.1) is 0 Å². The number of nitrogens with zero attached hydrogens (tertiary/aromatic N) is 3. The second-order valence-electron chi connectivity index (χ2n) is 4.71. The summed E-state index contributed by atoms with van der Waals surface area (Å²) >= 11 is 7.39. The molecule has 2 atom stereocenters. The molecule has 1 fully saturated rings. The molecule has 0 saturated heterocycles. The molecule has 1 aliphatic rings. The molecular formula is C12H16N4OS2. The maximum absolute atomic E-state index is 5.45. The highest BCUT2D eigenvalue weighted by Gasteiger charge is 2.27. The van der Waals surface area contributed by atoms with Crippen molar-refractivity contribution in [2.45, 2.75) is 30.6 Å². The number of rotatable bonds is 3. The van der Waals surface area contributed by atoms with Crippen molar-refractivity contribution in [1.82, 2.24) is 19.5 Å². The van der Waals surface area contributed by atoms with Gasteiger partial charge in [-0.25, -0.2) is 4.98 Å². The molecule has 0 radical (unpaired) electrons. The van der Waals surface area contributed by atoms with Gasteiger partial charge in [0.25, 0.3) is 0 Å². The Kier molecular flexibility index (Phi) is 3.49. The first-order chi connectivity index (χ1) is 9.24. The Morgan fingerprint density at radius 2 is 2.32 bits per heavy atom. The van der Waals surface area contributed by atoms with Crippen LogP contribution in [0.5, 0.6) is 5.88 Å². The van der Waals surface area contributed by atoms with Gasteiger partial charge in [-0.1, -0.05) is 0 Å². The molecule has 2 unspecified atom stereocenters. The Balaban J connectivity index is 2.09. The first kappa shape index (κ1) is 12.9. The van der Waals surface area contributed by atoms with Gasteiger partial charge in [-0.3, -0.25) is 4.57 Å². The summed E-state index contributed by atoms with van der Waals surface area (Å²) in [5.74, 6) is 0.550. The standard InChI is InChI=1S/C12H16N4OS2/c1-17-11-9-10(13-6-14-11)16(12(18)15-9)7-3-4-8(5-7)19-2/h6-8H,3-5H2,1-2H3,(H,15,18). The van der Waals surface area contributed by atoms with Gasteiger partial charge in [0.15, 0.2) is 10.4 Å². The summed E-state index contributed by atoms with van der Waals surface area (Å²) in [4.78, 5) is 11.7. The van der Waals surface area contributed by atoms with Gasteiger partial charge in [-0.2, -0.15) is 16.7 Å². The molecule has 7 heteroatoms. The summed E-state index contributed by atoms with van der Waals surface area (Å²) in [5, 5.41) is 0.723. The number of H-pyrrole nitrogens is 1. The molecule has 0 amide bonds. The lowest BCUT2D eigenvalue weighted by Crippen LogP contribution is -2.07. The second kappa shape index (κ2) is 5.13. The molecule has 1 aliphatic carbocycles. The van der Waals surface area contributed by atoms with E-state index >= 15 is 0 Å². The van der Waals surface area contributed by atoms with Crippen LogP contribution >= 0.6 is 24.0 Å². The minimum absolute atomic E-state index is 0.429. The van der Waals surface area contributed by atoms with Gasteiger partial charge in [0.2, 0.25) is 5.88 Å². The molecular weight excluding hydrogens is 280 g/mol. The average molecular weight is 296 g/mol. The topological polar surface area (TPSA) is 55.7 Å². The number of ether oxygens (including phenoxy) is 1. The highest BCUT2D eigenvalue weighted by molar-refractivity contribution is 7.99. The summed E-state index contributed by atoms with van der Waals surface area (Å²) < 4.78 is 8.09. The summed E-state index contributed by atoms with van der Waals surface area (Å²) in [5.41, 5.74) is 1.64. The van der Waals surface area contributed by atoms with Crippen molar-refractivity contribution in [2.24, 2.45) is 0 Å². The lowest BCUT2D eigenvalue weighted by Gasteiger charge is -2.12. The van der Waals surface area contributed by atoms with Gasteiger partial charge in [0.1, 0.15) is 11.8 Å². The van der Waals surface area contributed by atoms with Crippen molar-refractivity contribution in [3.63, 3.8) is 0 Å². The first-order valence-corrected chi connectivity index (χ1v) is 7.96. The number of nitrogens with one attached hydrogen (secondary N) is 1. The Labute approximate surface area is 120 Å². The van der Waals surface area contributed by atoms with E-state index in [4.69, 9.17) is 17.0 Å². The minimum atomic E-state index is 0.429. The van der Waals surface area contributed by atoms with E-state index < -0.39 is 0 Å². The number of fused-ring (bicyclic) bond motifs is 1. The summed E-state index contributed by atoms with van der Waals surface area (Å²) in [6.07, 6.45) is 7.24. The van der Waals surface area contributed by atoms with Crippen LogP contribution in [-0.4, -0.2) is 38.1 Å². The van der Waals surface area contributed by atoms with Crippen LogP contribution in [0.4, 0.5) is 0 Å². The molecule has 0 aromatic carbocycles. The number of methoxy groups -OCH3 is 1. The van der Waals surface area contributed by atoms with E-state index in [9.17, 15) is 0 Å². The maximum atomic E-state index is 5.45. The second-order valence-corrected chi connectivity index (χ2v) is 6.23. The number of thioether (sulfide) groups is 1. The third-order valence-corrected chi connectivity index (χ3v) is 5.11. The molecule has 2 aromatic heterocycles. The van der Waals surface area contributed by atoms with Gasteiger partial charge >= 0.3 is 0 Å². The molecule has 102 valence electrons. The van der Waals surface area contributed by atoms with Crippen LogP contribution < -0.4 is 4.74 Å². The average Bonchev–Trinajstić information content (AvgIpc) is 3.00. The molecule has 0 spiro atoms. The highest BCUT2D eigenvalue weighted by atomic mass is 32.2. The zero-order chi connectivity index (χ0) is 13.4. The summed E-state index contributed by atoms with van der Waals surface area (Å²) in [6.45, 7) is 0. The van der Waals surface area contributed by atoms with Crippen LogP contribution in [0.25, 0.3) is 11.2 Å². The number of aromatic amines is 1. The van der Waals surface area contributed by atoms with Crippen molar-refractivity contribution < 1.29 is 4.74 Å². The summed E-state index contributed by atoms with van der Waals surface area (Å²) in [6, 6.07) is 0.429. The monoisotopic (exact) mass is 296 g/mol. The Morgan fingerprint density at radius 3 is 3.00 bits per heavy atom. The van der Waals surface area contributed by atoms with E-state index in [1.165, 1.54) is 12.7 Å². The van der Waals surface area contributed by atoms with Crippen LogP contribution in [0.1, 0.15) is 25.3 Å². The molecule has 0 bridgehead atoms. The zero-order valence-electron chi connectivity index (χ0n) is 10.9. The Bertz CT molecular complexity index is 651. The quantitative estimate of drug-likeness (QED) is 0.883. The molecule has 1 N–H and O–H groups in total. The lowest BCUT2D eigenvalue weighted by molar-refractivity contribution is 0.401. The third kappa shape index (κ3) is 2.14. The molecule has 19 heavy (non-hydrogen) atoms. The minimum Gasteiger partial charge on any atom is -0.479 e. The van der Waals surface area contributed by atoms with Crippen molar-refractivity contribution in [2.75, 3.05) is 13.4 Å². The summed E-state index contributed by atoms with van der Waals surface area (Å²) in [7, 11) is 1.61. The SMILES string of the molecule is COc1ncnc2c1[nH]c(=S)n2C1CCC(SC)C1. The van der Waals surface area contributed by atoms with Gasteiger partial charge in [0.05, 0.1) is 7.11 Å². The fraction of sp³-hybridized carbons (Fsp3) is 0.583. The largest absolute Gasteiger partial charge is 0.479 e. The van der Waals surface area contributed by atoms with E-state index in [2.05, 4.69) is 25.8 Å². The van der Waals surface area contributed by atoms with E-state index in [-0.39, 0.29) is 0 Å². The first-order valence-electron chi connectivity index (χ1n) is 6.26. The van der Waals surface area contributed by atoms with Gasteiger partial charge in [-0.05, 0) is 37.7 Å². The molecule has 0 aliphatic heterocycles. The molecule has 5 nitrogen and oxygen atoms in total. The predicted molar refractivity (Wildman–Crippen MR) is 79.5 cm³/mol. The van der Waals surface area contributed by atoms with Crippen molar-refractivity contribution >= 4 is 35.1 Å². The molecule has 1 saturated carbocycles. The van der Waals surface area contributed by atoms with Gasteiger partial charge < -0.3 is 9.72 Å². The number of hydrogen-bond donors (Lipinski definition) is 1. The Morgan fingerprint density at radius 1 is 1.47 bits per heavy atom. The fourth-order valence-electron chi connectivity index (χ4n) is 2.78. The van der Waals surface area contributed by atoms with Crippen molar-refractivity contribution in [3.05, 3.63) is 11.1 Å². The molecule has 2 heterocycles. The number of aromatic nitrogens is 4. The van der Waals surface area contributed by atoms with Crippen molar-refractivity contribution in [1.29, 1.82) is 0 Å². The van der Waals surface area contributed by atoms with Crippen LogP contribution in [0.15, 0.2) is 6.33 Å². The Hall–Kier alpha value is -1.08. The van der Waals surface area contributed by atoms with Crippen LogP contribution in [0.3, 0.4) is 0 Å². The smallest absolute Gasteiger partial charge is 0.242 e. The van der Waals surface area contributed by atoms with E-state index in [1.54, 1.807) is 7.11 Å².